The molecule has 0 spiro atoms. The van der Waals surface area contributed by atoms with Gasteiger partial charge in [-0.05, 0) is 44.0 Å². The van der Waals surface area contributed by atoms with Crippen LogP contribution in [0.15, 0.2) is 12.1 Å². The summed E-state index contributed by atoms with van der Waals surface area (Å²) in [5, 5.41) is 2.89. The van der Waals surface area contributed by atoms with E-state index in [2.05, 4.69) is 15.6 Å². The molecule has 116 valence electrons. The lowest BCUT2D eigenvalue weighted by Crippen LogP contribution is -2.37. The van der Waals surface area contributed by atoms with E-state index in [0.29, 0.717) is 10.8 Å². The third kappa shape index (κ3) is 4.80. The molecule has 1 saturated heterocycles. The second-order valence-corrected chi connectivity index (χ2v) is 6.56. The minimum atomic E-state index is -0.236. The first kappa shape index (κ1) is 15.9. The molecule has 0 aliphatic carbocycles. The Hall–Kier alpha value is -1.44. The number of hydrogen-bond donors (Lipinski definition) is 3. The Labute approximate surface area is 128 Å². The summed E-state index contributed by atoms with van der Waals surface area (Å²) in [5.41, 5.74) is 2.15. The summed E-state index contributed by atoms with van der Waals surface area (Å²) < 4.78 is 0. The van der Waals surface area contributed by atoms with Crippen LogP contribution in [-0.4, -0.2) is 36.3 Å². The summed E-state index contributed by atoms with van der Waals surface area (Å²) >= 11 is 1.48. The third-order valence-corrected chi connectivity index (χ3v) is 4.81. The Kier molecular flexibility index (Phi) is 5.72. The average molecular weight is 310 g/mol. The lowest BCUT2D eigenvalue weighted by molar-refractivity contribution is -0.119. The van der Waals surface area contributed by atoms with E-state index in [1.54, 1.807) is 6.92 Å². The molecule has 0 bridgehead atoms. The van der Waals surface area contributed by atoms with Crippen molar-refractivity contribution in [2.75, 3.05) is 19.6 Å². The zero-order valence-electron chi connectivity index (χ0n) is 12.2. The number of amides is 2. The second-order valence-electron chi connectivity index (χ2n) is 5.40. The smallest absolute Gasteiger partial charge is 0.275 e. The minimum absolute atomic E-state index is 0.0433. The van der Waals surface area contributed by atoms with Crippen LogP contribution in [0.4, 0.5) is 0 Å². The molecular weight excluding hydrogens is 288 g/mol. The third-order valence-electron chi connectivity index (χ3n) is 3.74. The molecule has 0 saturated carbocycles. The first-order valence-electron chi connectivity index (χ1n) is 7.15. The van der Waals surface area contributed by atoms with E-state index in [9.17, 15) is 9.59 Å². The largest absolute Gasteiger partial charge is 0.356 e. The van der Waals surface area contributed by atoms with Gasteiger partial charge in [-0.25, -0.2) is 5.84 Å². The van der Waals surface area contributed by atoms with Crippen LogP contribution in [0.3, 0.4) is 0 Å². The zero-order chi connectivity index (χ0) is 15.2. The molecular formula is C14H22N4O2S. The molecule has 4 N–H and O–H groups in total. The van der Waals surface area contributed by atoms with Gasteiger partial charge in [0.1, 0.15) is 0 Å². The highest BCUT2D eigenvalue weighted by Gasteiger charge is 2.20. The number of thiophene rings is 1. The van der Waals surface area contributed by atoms with Gasteiger partial charge in [0.2, 0.25) is 5.91 Å². The van der Waals surface area contributed by atoms with Crippen molar-refractivity contribution >= 4 is 23.2 Å². The number of hydrogen-bond acceptors (Lipinski definition) is 5. The molecule has 1 aromatic rings. The van der Waals surface area contributed by atoms with Crippen LogP contribution in [0.25, 0.3) is 0 Å². The number of hydrazine groups is 1. The molecule has 6 nitrogen and oxygen atoms in total. The number of carbonyl (C=O) groups is 2. The van der Waals surface area contributed by atoms with Crippen LogP contribution in [-0.2, 0) is 11.3 Å². The summed E-state index contributed by atoms with van der Waals surface area (Å²) in [7, 11) is 0. The number of piperidine rings is 1. The van der Waals surface area contributed by atoms with Crippen LogP contribution in [0, 0.1) is 5.92 Å². The Balaban J connectivity index is 1.77. The van der Waals surface area contributed by atoms with Crippen molar-refractivity contribution in [3.8, 4) is 0 Å². The molecule has 0 unspecified atom stereocenters. The molecule has 2 heterocycles. The lowest BCUT2D eigenvalue weighted by atomic mass is 9.97. The second kappa shape index (κ2) is 7.53. The molecule has 0 aromatic carbocycles. The van der Waals surface area contributed by atoms with Crippen LogP contribution in [0.2, 0.25) is 0 Å². The van der Waals surface area contributed by atoms with Gasteiger partial charge in [-0.15, -0.1) is 11.3 Å². The van der Waals surface area contributed by atoms with Crippen LogP contribution < -0.4 is 16.6 Å². The van der Waals surface area contributed by atoms with Gasteiger partial charge in [-0.1, -0.05) is 0 Å². The van der Waals surface area contributed by atoms with Gasteiger partial charge >= 0.3 is 0 Å². The maximum Gasteiger partial charge on any atom is 0.275 e. The minimum Gasteiger partial charge on any atom is -0.356 e. The van der Waals surface area contributed by atoms with E-state index in [1.165, 1.54) is 16.2 Å². The van der Waals surface area contributed by atoms with Gasteiger partial charge in [0.05, 0.1) is 4.88 Å². The van der Waals surface area contributed by atoms with Crippen molar-refractivity contribution in [1.82, 2.24) is 15.6 Å². The monoisotopic (exact) mass is 310 g/mol. The first-order chi connectivity index (χ1) is 10.1. The molecule has 21 heavy (non-hydrogen) atoms. The molecule has 0 atom stereocenters. The number of nitrogens with two attached hydrogens (primary N) is 1. The van der Waals surface area contributed by atoms with Crippen molar-refractivity contribution in [3.05, 3.63) is 21.9 Å². The van der Waals surface area contributed by atoms with Crippen molar-refractivity contribution < 1.29 is 9.59 Å². The summed E-state index contributed by atoms with van der Waals surface area (Å²) in [5.74, 6) is 5.51. The Morgan fingerprint density at radius 1 is 1.38 bits per heavy atom. The van der Waals surface area contributed by atoms with Crippen LogP contribution in [0.1, 0.15) is 34.3 Å². The molecule has 2 amide bonds. The predicted octanol–water partition coefficient (Wildman–Crippen LogP) is 0.700. The summed E-state index contributed by atoms with van der Waals surface area (Å²) in [4.78, 5) is 26.5. The van der Waals surface area contributed by atoms with E-state index in [-0.39, 0.29) is 11.8 Å². The van der Waals surface area contributed by atoms with Gasteiger partial charge in [0.25, 0.3) is 5.91 Å². The van der Waals surface area contributed by atoms with Crippen molar-refractivity contribution in [1.29, 1.82) is 0 Å². The molecule has 2 rings (SSSR count). The maximum absolute atomic E-state index is 11.4. The Bertz CT molecular complexity index is 495. The first-order valence-corrected chi connectivity index (χ1v) is 7.96. The Morgan fingerprint density at radius 2 is 2.10 bits per heavy atom. The normalized spacial score (nSPS) is 16.7. The van der Waals surface area contributed by atoms with Gasteiger partial charge in [0, 0.05) is 24.9 Å². The highest BCUT2D eigenvalue weighted by atomic mass is 32.1. The molecule has 7 heteroatoms. The van der Waals surface area contributed by atoms with Gasteiger partial charge in [-0.3, -0.25) is 19.9 Å². The number of nitrogens with zero attached hydrogens (tertiary/aromatic N) is 1. The molecule has 1 aliphatic heterocycles. The van der Waals surface area contributed by atoms with Crippen molar-refractivity contribution in [2.45, 2.75) is 26.3 Å². The molecule has 0 radical (unpaired) electrons. The maximum atomic E-state index is 11.4. The summed E-state index contributed by atoms with van der Waals surface area (Å²) in [6.07, 6.45) is 2.20. The number of carbonyl (C=O) groups excluding carboxylic acids is 2. The average Bonchev–Trinajstić information content (AvgIpc) is 2.94. The highest BCUT2D eigenvalue weighted by Crippen LogP contribution is 2.22. The van der Waals surface area contributed by atoms with E-state index >= 15 is 0 Å². The zero-order valence-corrected chi connectivity index (χ0v) is 13.0. The van der Waals surface area contributed by atoms with E-state index in [0.717, 1.165) is 39.0 Å². The number of rotatable bonds is 5. The summed E-state index contributed by atoms with van der Waals surface area (Å²) in [6.45, 7) is 5.26. The Morgan fingerprint density at radius 3 is 2.71 bits per heavy atom. The molecule has 1 aliphatic rings. The fraction of sp³-hybridized carbons (Fsp3) is 0.571. The number of likely N-dealkylation sites (tertiary alicyclic amines) is 1. The molecule has 1 aromatic heterocycles. The van der Waals surface area contributed by atoms with E-state index in [4.69, 9.17) is 5.84 Å². The van der Waals surface area contributed by atoms with E-state index < -0.39 is 0 Å². The topological polar surface area (TPSA) is 87.5 Å². The van der Waals surface area contributed by atoms with Crippen molar-refractivity contribution in [2.24, 2.45) is 11.8 Å². The van der Waals surface area contributed by atoms with Gasteiger partial charge in [-0.2, -0.15) is 0 Å². The van der Waals surface area contributed by atoms with Gasteiger partial charge < -0.3 is 5.32 Å². The SMILES string of the molecule is CC(=O)NCC1CCN(Cc2ccc(C(=O)NN)s2)CC1. The fourth-order valence-corrected chi connectivity index (χ4v) is 3.47. The molecule has 1 fully saturated rings. The number of nitrogens with one attached hydrogen (secondary N) is 2. The fourth-order valence-electron chi connectivity index (χ4n) is 2.51. The van der Waals surface area contributed by atoms with Gasteiger partial charge in [0.15, 0.2) is 0 Å². The number of nitrogen functional groups attached to an aromatic ring is 1. The van der Waals surface area contributed by atoms with Crippen LogP contribution in [0.5, 0.6) is 0 Å². The predicted molar refractivity (Wildman–Crippen MR) is 82.7 cm³/mol. The lowest BCUT2D eigenvalue weighted by Gasteiger charge is -2.31. The van der Waals surface area contributed by atoms with Crippen molar-refractivity contribution in [3.63, 3.8) is 0 Å². The quantitative estimate of drug-likeness (QED) is 0.424. The van der Waals surface area contributed by atoms with E-state index in [1.807, 2.05) is 12.1 Å². The van der Waals surface area contributed by atoms with Crippen LogP contribution >= 0.6 is 11.3 Å². The standard InChI is InChI=1S/C14H22N4O2S/c1-10(19)16-8-11-4-6-18(7-5-11)9-12-2-3-13(21-12)14(20)17-15/h2-3,11H,4-9,15H2,1H3,(H,16,19)(H,17,20). The highest BCUT2D eigenvalue weighted by molar-refractivity contribution is 7.14. The summed E-state index contributed by atoms with van der Waals surface area (Å²) in [6, 6.07) is 3.80.